The van der Waals surface area contributed by atoms with E-state index in [1.165, 1.54) is 0 Å². The second kappa shape index (κ2) is 3.82. The molecule has 0 aliphatic heterocycles. The first-order valence-electron chi connectivity index (χ1n) is 5.87. The number of aromatic nitrogens is 1. The predicted molar refractivity (Wildman–Crippen MR) is 73.8 cm³/mol. The van der Waals surface area contributed by atoms with Crippen LogP contribution in [-0.2, 0) is 10.1 Å². The van der Waals surface area contributed by atoms with Crippen LogP contribution in [0.4, 0.5) is 0 Å². The van der Waals surface area contributed by atoms with E-state index in [2.05, 4.69) is 4.98 Å². The zero-order valence-electron chi connectivity index (χ0n) is 10.6. The fourth-order valence-corrected chi connectivity index (χ4v) is 3.69. The van der Waals surface area contributed by atoms with E-state index in [0.717, 1.165) is 22.4 Å². The Labute approximate surface area is 111 Å². The molecule has 19 heavy (non-hydrogen) atoms. The molecule has 98 valence electrons. The van der Waals surface area contributed by atoms with E-state index in [1.54, 1.807) is 6.92 Å². The van der Waals surface area contributed by atoms with Gasteiger partial charge in [-0.25, -0.2) is 0 Å². The highest BCUT2D eigenvalue weighted by atomic mass is 32.2. The van der Waals surface area contributed by atoms with Crippen molar-refractivity contribution in [2.24, 2.45) is 0 Å². The van der Waals surface area contributed by atoms with E-state index in [0.29, 0.717) is 11.1 Å². The second-order valence-corrected chi connectivity index (χ2v) is 6.10. The third-order valence-corrected chi connectivity index (χ3v) is 4.45. The molecule has 0 aromatic carbocycles. The maximum absolute atomic E-state index is 11.5. The Bertz CT molecular complexity index is 788. The predicted octanol–water partition coefficient (Wildman–Crippen LogP) is 2.83. The van der Waals surface area contributed by atoms with Crippen molar-refractivity contribution in [1.82, 2.24) is 4.98 Å². The minimum absolute atomic E-state index is 0.0257. The molecule has 5 heteroatoms. The Balaban J connectivity index is 2.32. The number of hydrogen-bond donors (Lipinski definition) is 2. The summed E-state index contributed by atoms with van der Waals surface area (Å²) < 4.78 is 32.4. The third-order valence-electron chi connectivity index (χ3n) is 3.41. The molecule has 1 heterocycles. The molecule has 2 aliphatic rings. The summed E-state index contributed by atoms with van der Waals surface area (Å²) in [6.45, 7) is 3.55. The topological polar surface area (TPSA) is 70.2 Å². The fraction of sp³-hybridized carbons (Fsp3) is 0.143. The molecule has 0 bridgehead atoms. The molecule has 0 amide bonds. The van der Waals surface area contributed by atoms with E-state index < -0.39 is 10.1 Å². The number of fused-ring (bicyclic) bond motifs is 1. The van der Waals surface area contributed by atoms with Crippen LogP contribution < -0.4 is 0 Å². The monoisotopic (exact) mass is 275 g/mol. The highest BCUT2D eigenvalue weighted by molar-refractivity contribution is 7.90. The summed E-state index contributed by atoms with van der Waals surface area (Å²) in [5.74, 6) is 0. The van der Waals surface area contributed by atoms with Crippen molar-refractivity contribution < 1.29 is 13.0 Å². The molecule has 0 saturated heterocycles. The van der Waals surface area contributed by atoms with E-state index in [4.69, 9.17) is 0 Å². The number of rotatable bonds is 2. The van der Waals surface area contributed by atoms with Crippen LogP contribution >= 0.6 is 0 Å². The van der Waals surface area contributed by atoms with Crippen molar-refractivity contribution in [3.05, 3.63) is 63.4 Å². The molecule has 2 aliphatic carbocycles. The van der Waals surface area contributed by atoms with Gasteiger partial charge in [0.1, 0.15) is 4.91 Å². The van der Waals surface area contributed by atoms with Gasteiger partial charge in [-0.1, -0.05) is 0 Å². The SMILES string of the molecule is CC1=CC(c2ccc[nH]2)=C2C=C(C)C(S(=O)(=O)O)=C12. The average Bonchev–Trinajstić information content (AvgIpc) is 2.94. The highest BCUT2D eigenvalue weighted by Gasteiger charge is 2.33. The van der Waals surface area contributed by atoms with E-state index >= 15 is 0 Å². The van der Waals surface area contributed by atoms with Crippen molar-refractivity contribution >= 4 is 15.7 Å². The van der Waals surface area contributed by atoms with Crippen molar-refractivity contribution in [2.45, 2.75) is 13.8 Å². The van der Waals surface area contributed by atoms with E-state index in [1.807, 2.05) is 37.4 Å². The average molecular weight is 275 g/mol. The fourth-order valence-electron chi connectivity index (χ4n) is 2.70. The lowest BCUT2D eigenvalue weighted by molar-refractivity contribution is 0.491. The Kier molecular flexibility index (Phi) is 2.45. The van der Waals surface area contributed by atoms with Crippen LogP contribution in [0.5, 0.6) is 0 Å². The summed E-state index contributed by atoms with van der Waals surface area (Å²) in [7, 11) is -4.20. The second-order valence-electron chi connectivity index (χ2n) is 4.75. The van der Waals surface area contributed by atoms with Gasteiger partial charge in [0, 0.05) is 23.0 Å². The lowest BCUT2D eigenvalue weighted by atomic mass is 10.1. The first-order valence-corrected chi connectivity index (χ1v) is 7.31. The summed E-state index contributed by atoms with van der Waals surface area (Å²) in [5.41, 5.74) is 4.78. The first-order chi connectivity index (χ1) is 8.89. The minimum Gasteiger partial charge on any atom is -0.361 e. The van der Waals surface area contributed by atoms with Gasteiger partial charge in [0.2, 0.25) is 0 Å². The number of aromatic amines is 1. The third kappa shape index (κ3) is 1.74. The molecule has 0 fully saturated rings. The summed E-state index contributed by atoms with van der Waals surface area (Å²) in [5, 5.41) is 0. The number of H-pyrrole nitrogens is 1. The van der Waals surface area contributed by atoms with Gasteiger partial charge in [-0.05, 0) is 54.9 Å². The van der Waals surface area contributed by atoms with Crippen LogP contribution in [0, 0.1) is 0 Å². The van der Waals surface area contributed by atoms with Crippen LogP contribution in [0.15, 0.2) is 57.7 Å². The van der Waals surface area contributed by atoms with Gasteiger partial charge >= 0.3 is 0 Å². The van der Waals surface area contributed by atoms with Crippen molar-refractivity contribution in [3.8, 4) is 0 Å². The van der Waals surface area contributed by atoms with Crippen LogP contribution in [0.2, 0.25) is 0 Å². The molecule has 2 N–H and O–H groups in total. The smallest absolute Gasteiger partial charge is 0.295 e. The molecule has 3 rings (SSSR count). The Morgan fingerprint density at radius 1 is 1.11 bits per heavy atom. The quantitative estimate of drug-likeness (QED) is 0.815. The van der Waals surface area contributed by atoms with Gasteiger partial charge in [-0.15, -0.1) is 0 Å². The van der Waals surface area contributed by atoms with Gasteiger partial charge in [0.15, 0.2) is 0 Å². The maximum atomic E-state index is 11.5. The van der Waals surface area contributed by atoms with Crippen LogP contribution in [-0.4, -0.2) is 18.0 Å². The zero-order chi connectivity index (χ0) is 13.8. The Morgan fingerprint density at radius 3 is 2.37 bits per heavy atom. The van der Waals surface area contributed by atoms with Crippen molar-refractivity contribution in [1.29, 1.82) is 0 Å². The van der Waals surface area contributed by atoms with Gasteiger partial charge in [0.25, 0.3) is 10.1 Å². The van der Waals surface area contributed by atoms with Crippen LogP contribution in [0.25, 0.3) is 5.57 Å². The molecule has 0 spiro atoms. The first kappa shape index (κ1) is 12.2. The standard InChI is InChI=1S/C14H13NO3S/c1-8-6-10(12-4-3-5-15-12)11-7-9(2)14(13(8)11)19(16,17)18/h3-7,15H,1-2H3,(H,16,17,18). The van der Waals surface area contributed by atoms with Gasteiger partial charge in [-0.2, -0.15) is 8.42 Å². The van der Waals surface area contributed by atoms with E-state index in [9.17, 15) is 13.0 Å². The normalized spacial score (nSPS) is 18.9. The Hall–Kier alpha value is -1.85. The molecule has 0 unspecified atom stereocenters. The van der Waals surface area contributed by atoms with Crippen molar-refractivity contribution in [2.75, 3.05) is 0 Å². The molecule has 0 saturated carbocycles. The molecule has 0 radical (unpaired) electrons. The molecule has 4 nitrogen and oxygen atoms in total. The summed E-state index contributed by atoms with van der Waals surface area (Å²) in [4.78, 5) is 3.14. The zero-order valence-corrected chi connectivity index (χ0v) is 11.4. The number of hydrogen-bond acceptors (Lipinski definition) is 2. The lowest BCUT2D eigenvalue weighted by Gasteiger charge is -2.04. The maximum Gasteiger partial charge on any atom is 0.295 e. The summed E-state index contributed by atoms with van der Waals surface area (Å²) in [6.07, 6.45) is 5.56. The van der Waals surface area contributed by atoms with E-state index in [-0.39, 0.29) is 4.91 Å². The Morgan fingerprint density at radius 2 is 1.79 bits per heavy atom. The molecular weight excluding hydrogens is 262 g/mol. The largest absolute Gasteiger partial charge is 0.361 e. The number of allylic oxidation sites excluding steroid dienone is 7. The lowest BCUT2D eigenvalue weighted by Crippen LogP contribution is -2.04. The van der Waals surface area contributed by atoms with Gasteiger partial charge < -0.3 is 4.98 Å². The van der Waals surface area contributed by atoms with Crippen molar-refractivity contribution in [3.63, 3.8) is 0 Å². The van der Waals surface area contributed by atoms with Gasteiger partial charge in [0.05, 0.1) is 0 Å². The highest BCUT2D eigenvalue weighted by Crippen LogP contribution is 2.45. The summed E-state index contributed by atoms with van der Waals surface area (Å²) in [6, 6.07) is 3.83. The van der Waals surface area contributed by atoms with Crippen LogP contribution in [0.1, 0.15) is 19.5 Å². The van der Waals surface area contributed by atoms with Gasteiger partial charge in [-0.3, -0.25) is 4.55 Å². The molecule has 0 atom stereocenters. The number of nitrogens with one attached hydrogen (secondary N) is 1. The molecule has 1 aromatic rings. The molecular formula is C14H13NO3S. The van der Waals surface area contributed by atoms with Crippen LogP contribution in [0.3, 0.4) is 0 Å². The summed E-state index contributed by atoms with van der Waals surface area (Å²) >= 11 is 0. The molecule has 1 aromatic heterocycles. The minimum atomic E-state index is -4.20.